The first kappa shape index (κ1) is 12.8. The summed E-state index contributed by atoms with van der Waals surface area (Å²) in [5.74, 6) is -1.43. The van der Waals surface area contributed by atoms with Crippen LogP contribution in [0.4, 0.5) is 11.5 Å². The van der Waals surface area contributed by atoms with Crippen molar-refractivity contribution < 1.29 is 14.8 Å². The number of pyridine rings is 1. The van der Waals surface area contributed by atoms with Crippen LogP contribution in [-0.2, 0) is 4.79 Å². The summed E-state index contributed by atoms with van der Waals surface area (Å²) in [7, 11) is 0. The van der Waals surface area contributed by atoms with E-state index < -0.39 is 16.8 Å². The molecule has 1 N–H and O–H groups in total. The van der Waals surface area contributed by atoms with Gasteiger partial charge in [0, 0.05) is 19.3 Å². The van der Waals surface area contributed by atoms with Gasteiger partial charge >= 0.3 is 11.7 Å². The Balaban J connectivity index is 2.39. The number of aliphatic carboxylic acids is 1. The third kappa shape index (κ3) is 2.30. The van der Waals surface area contributed by atoms with Gasteiger partial charge in [0.05, 0.1) is 10.8 Å². The van der Waals surface area contributed by atoms with Crippen LogP contribution in [-0.4, -0.2) is 34.1 Å². The second-order valence-electron chi connectivity index (χ2n) is 4.17. The van der Waals surface area contributed by atoms with Gasteiger partial charge in [0.2, 0.25) is 5.82 Å². The Bertz CT molecular complexity index is 581. The zero-order chi connectivity index (χ0) is 14.0. The quantitative estimate of drug-likeness (QED) is 0.630. The van der Waals surface area contributed by atoms with Crippen LogP contribution in [0.3, 0.4) is 0 Å². The summed E-state index contributed by atoms with van der Waals surface area (Å²) >= 11 is 0. The van der Waals surface area contributed by atoms with Gasteiger partial charge in [0.15, 0.2) is 0 Å². The van der Waals surface area contributed by atoms with Crippen LogP contribution in [0.25, 0.3) is 0 Å². The van der Waals surface area contributed by atoms with Crippen molar-refractivity contribution in [2.24, 2.45) is 5.92 Å². The average molecular weight is 262 g/mol. The highest BCUT2D eigenvalue weighted by molar-refractivity contribution is 5.73. The molecule has 1 aliphatic rings. The van der Waals surface area contributed by atoms with Gasteiger partial charge in [-0.15, -0.1) is 0 Å². The van der Waals surface area contributed by atoms with Gasteiger partial charge in [0.1, 0.15) is 11.6 Å². The van der Waals surface area contributed by atoms with Gasteiger partial charge in [-0.3, -0.25) is 14.9 Å². The predicted octanol–water partition coefficient (Wildman–Crippen LogP) is 0.772. The van der Waals surface area contributed by atoms with Gasteiger partial charge in [-0.2, -0.15) is 5.26 Å². The van der Waals surface area contributed by atoms with Gasteiger partial charge in [-0.25, -0.2) is 4.98 Å². The lowest BCUT2D eigenvalue weighted by Gasteiger charge is -2.16. The minimum Gasteiger partial charge on any atom is -0.481 e. The monoisotopic (exact) mass is 262 g/mol. The molecule has 2 heterocycles. The van der Waals surface area contributed by atoms with Crippen LogP contribution >= 0.6 is 0 Å². The minimum atomic E-state index is -0.929. The van der Waals surface area contributed by atoms with Crippen molar-refractivity contribution in [3.63, 3.8) is 0 Å². The number of carbonyl (C=O) groups is 1. The van der Waals surface area contributed by atoms with Crippen molar-refractivity contribution in [3.05, 3.63) is 27.9 Å². The van der Waals surface area contributed by atoms with Crippen molar-refractivity contribution in [1.82, 2.24) is 4.98 Å². The number of nitro groups is 1. The molecule has 1 aliphatic heterocycles. The largest absolute Gasteiger partial charge is 0.481 e. The van der Waals surface area contributed by atoms with E-state index in [1.807, 2.05) is 0 Å². The molecule has 0 saturated carbocycles. The van der Waals surface area contributed by atoms with Crippen LogP contribution in [0.15, 0.2) is 12.3 Å². The van der Waals surface area contributed by atoms with Crippen LogP contribution in [0.2, 0.25) is 0 Å². The minimum absolute atomic E-state index is 0.0628. The van der Waals surface area contributed by atoms with Crippen molar-refractivity contribution in [3.8, 4) is 6.07 Å². The summed E-state index contributed by atoms with van der Waals surface area (Å²) < 4.78 is 0. The van der Waals surface area contributed by atoms with Crippen LogP contribution in [0, 0.1) is 27.4 Å². The molecule has 0 bridgehead atoms. The predicted molar refractivity (Wildman–Crippen MR) is 63.6 cm³/mol. The van der Waals surface area contributed by atoms with E-state index in [0.29, 0.717) is 13.0 Å². The summed E-state index contributed by atoms with van der Waals surface area (Å²) in [6, 6.07) is 3.02. The van der Waals surface area contributed by atoms with E-state index in [-0.39, 0.29) is 23.6 Å². The van der Waals surface area contributed by atoms with Crippen LogP contribution < -0.4 is 4.90 Å². The second kappa shape index (κ2) is 4.89. The Labute approximate surface area is 108 Å². The molecule has 1 fully saturated rings. The molecular weight excluding hydrogens is 252 g/mol. The summed E-state index contributed by atoms with van der Waals surface area (Å²) in [5.41, 5.74) is -0.440. The summed E-state index contributed by atoms with van der Waals surface area (Å²) in [6.45, 7) is 0.539. The molecule has 1 aromatic heterocycles. The smallest absolute Gasteiger partial charge is 0.329 e. The first-order valence-electron chi connectivity index (χ1n) is 5.56. The van der Waals surface area contributed by atoms with E-state index >= 15 is 0 Å². The van der Waals surface area contributed by atoms with E-state index in [2.05, 4.69) is 4.98 Å². The van der Waals surface area contributed by atoms with Gasteiger partial charge in [-0.1, -0.05) is 0 Å². The molecule has 0 amide bonds. The molecule has 0 aliphatic carbocycles. The van der Waals surface area contributed by atoms with E-state index in [1.165, 1.54) is 17.2 Å². The maximum atomic E-state index is 11.0. The maximum Gasteiger partial charge on any atom is 0.329 e. The lowest BCUT2D eigenvalue weighted by Crippen LogP contribution is -2.24. The molecule has 98 valence electrons. The lowest BCUT2D eigenvalue weighted by atomic mass is 10.1. The molecule has 1 atom stereocenters. The third-order valence-electron chi connectivity index (χ3n) is 3.04. The highest BCUT2D eigenvalue weighted by Gasteiger charge is 2.33. The zero-order valence-electron chi connectivity index (χ0n) is 9.81. The molecule has 0 aromatic carbocycles. The van der Waals surface area contributed by atoms with Crippen molar-refractivity contribution in [2.45, 2.75) is 6.42 Å². The van der Waals surface area contributed by atoms with E-state index in [4.69, 9.17) is 10.4 Å². The van der Waals surface area contributed by atoms with Crippen LogP contribution in [0.5, 0.6) is 0 Å². The molecule has 1 aromatic rings. The highest BCUT2D eigenvalue weighted by Crippen LogP contribution is 2.32. The number of carboxylic acids is 1. The number of aromatic nitrogens is 1. The number of carboxylic acid groups (broad SMARTS) is 1. The fourth-order valence-corrected chi connectivity index (χ4v) is 2.10. The molecule has 0 spiro atoms. The number of hydrogen-bond donors (Lipinski definition) is 1. The van der Waals surface area contributed by atoms with Gasteiger partial charge in [-0.05, 0) is 12.5 Å². The molecular formula is C11H10N4O4. The zero-order valence-corrected chi connectivity index (χ0v) is 9.81. The number of rotatable bonds is 3. The Morgan fingerprint density at radius 1 is 1.68 bits per heavy atom. The SMILES string of the molecule is N#Cc1ccnc(N2CCC(C(=O)O)C2)c1[N+](=O)[O-]. The molecule has 8 heteroatoms. The normalized spacial score (nSPS) is 18.1. The first-order valence-corrected chi connectivity index (χ1v) is 5.56. The Hall–Kier alpha value is -2.69. The standard InChI is InChI=1S/C11H10N4O4/c12-5-7-1-3-13-10(9(7)15(18)19)14-4-2-8(6-14)11(16)17/h1,3,8H,2,4,6H2,(H,16,17). The molecule has 2 rings (SSSR count). The van der Waals surface area contributed by atoms with E-state index in [9.17, 15) is 14.9 Å². The molecule has 0 radical (unpaired) electrons. The summed E-state index contributed by atoms with van der Waals surface area (Å²) in [5, 5.41) is 28.8. The number of nitriles is 1. The number of nitrogens with zero attached hydrogens (tertiary/aromatic N) is 4. The summed E-state index contributed by atoms with van der Waals surface area (Å²) in [4.78, 5) is 26.7. The second-order valence-corrected chi connectivity index (χ2v) is 4.17. The van der Waals surface area contributed by atoms with Crippen molar-refractivity contribution in [1.29, 1.82) is 5.26 Å². The lowest BCUT2D eigenvalue weighted by molar-refractivity contribution is -0.384. The molecule has 8 nitrogen and oxygen atoms in total. The van der Waals surface area contributed by atoms with E-state index in [1.54, 1.807) is 6.07 Å². The Morgan fingerprint density at radius 3 is 2.95 bits per heavy atom. The number of anilines is 1. The third-order valence-corrected chi connectivity index (χ3v) is 3.04. The molecule has 1 unspecified atom stereocenters. The highest BCUT2D eigenvalue weighted by atomic mass is 16.6. The van der Waals surface area contributed by atoms with E-state index in [0.717, 1.165) is 0 Å². The fourth-order valence-electron chi connectivity index (χ4n) is 2.10. The van der Waals surface area contributed by atoms with Crippen LogP contribution in [0.1, 0.15) is 12.0 Å². The first-order chi connectivity index (χ1) is 9.04. The fraction of sp³-hybridized carbons (Fsp3) is 0.364. The van der Waals surface area contributed by atoms with Crippen molar-refractivity contribution >= 4 is 17.5 Å². The molecule has 1 saturated heterocycles. The summed E-state index contributed by atoms with van der Waals surface area (Å²) in [6.07, 6.45) is 1.72. The molecule has 19 heavy (non-hydrogen) atoms. The van der Waals surface area contributed by atoms with Crippen molar-refractivity contribution in [2.75, 3.05) is 18.0 Å². The Kier molecular flexibility index (Phi) is 3.29. The topological polar surface area (TPSA) is 120 Å². The number of hydrogen-bond acceptors (Lipinski definition) is 6. The van der Waals surface area contributed by atoms with Gasteiger partial charge in [0.25, 0.3) is 0 Å². The maximum absolute atomic E-state index is 11.0. The Morgan fingerprint density at radius 2 is 2.42 bits per heavy atom. The van der Waals surface area contributed by atoms with Gasteiger partial charge < -0.3 is 10.0 Å². The average Bonchev–Trinajstić information content (AvgIpc) is 2.87.